The van der Waals surface area contributed by atoms with Gasteiger partial charge in [-0.15, -0.1) is 0 Å². The first kappa shape index (κ1) is 11.7. The summed E-state index contributed by atoms with van der Waals surface area (Å²) in [6.45, 7) is 0. The smallest absolute Gasteiger partial charge is 0.284 e. The molecule has 0 bridgehead atoms. The molecule has 0 aromatic rings. The van der Waals surface area contributed by atoms with Crippen LogP contribution in [0.15, 0.2) is 0 Å². The van der Waals surface area contributed by atoms with Gasteiger partial charge in [-0.2, -0.15) is 0 Å². The second kappa shape index (κ2) is 10.9. The Morgan fingerprint density at radius 1 is 1.00 bits per heavy atom. The first-order chi connectivity index (χ1) is 3.41. The summed E-state index contributed by atoms with van der Waals surface area (Å²) in [6.07, 6.45) is 0. The van der Waals surface area contributed by atoms with Crippen molar-refractivity contribution in [3.63, 3.8) is 0 Å². The van der Waals surface area contributed by atoms with Gasteiger partial charge in [0.15, 0.2) is 0 Å². The summed E-state index contributed by atoms with van der Waals surface area (Å²) in [5.41, 5.74) is 0. The lowest BCUT2D eigenvalue weighted by Gasteiger charge is -1.97. The van der Waals surface area contributed by atoms with E-state index in [9.17, 15) is 0 Å². The SMILES string of the molecule is [SiH3]O[SiH2]O[SiH2]O[SiH3].[Si]. The van der Waals surface area contributed by atoms with Crippen molar-refractivity contribution >= 4 is 52.0 Å². The maximum Gasteiger partial charge on any atom is 0.284 e. The molecule has 0 aromatic heterocycles. The third-order valence-electron chi connectivity index (χ3n) is 0.402. The molecule has 0 saturated carbocycles. The van der Waals surface area contributed by atoms with Crippen LogP contribution < -0.4 is 0 Å². The summed E-state index contributed by atoms with van der Waals surface area (Å²) >= 11 is 0. The zero-order chi connectivity index (χ0) is 5.54. The second-order valence-corrected chi connectivity index (χ2v) is 7.74. The number of rotatable bonds is 4. The summed E-state index contributed by atoms with van der Waals surface area (Å²) in [6, 6.07) is 0. The molecule has 4 radical (unpaired) electrons. The maximum atomic E-state index is 5.03. The first-order valence-electron chi connectivity index (χ1n) is 1.97. The van der Waals surface area contributed by atoms with Crippen molar-refractivity contribution in [3.05, 3.63) is 0 Å². The van der Waals surface area contributed by atoms with Gasteiger partial charge in [0.25, 0.3) is 20.0 Å². The van der Waals surface area contributed by atoms with Gasteiger partial charge in [-0.1, -0.05) is 0 Å². The van der Waals surface area contributed by atoms with Gasteiger partial charge in [-0.05, 0) is 0 Å². The quantitative estimate of drug-likeness (QED) is 0.335. The minimum Gasteiger partial charge on any atom is -0.449 e. The van der Waals surface area contributed by atoms with Crippen LogP contribution in [0.1, 0.15) is 0 Å². The van der Waals surface area contributed by atoms with Gasteiger partial charge in [-0.25, -0.2) is 0 Å². The lowest BCUT2D eigenvalue weighted by atomic mass is 15.7. The van der Waals surface area contributed by atoms with Gasteiger partial charge in [0.1, 0.15) is 21.0 Å². The van der Waals surface area contributed by atoms with Gasteiger partial charge in [0.2, 0.25) is 0 Å². The zero-order valence-electron chi connectivity index (χ0n) is 5.14. The molecule has 0 aromatic carbocycles. The van der Waals surface area contributed by atoms with Crippen molar-refractivity contribution in [1.82, 2.24) is 0 Å². The largest absolute Gasteiger partial charge is 0.449 e. The van der Waals surface area contributed by atoms with Gasteiger partial charge in [-0.3, -0.25) is 0 Å². The molecule has 0 fully saturated rings. The molecular weight excluding hydrogens is 188 g/mol. The van der Waals surface area contributed by atoms with E-state index in [0.29, 0.717) is 0 Å². The van der Waals surface area contributed by atoms with Crippen LogP contribution >= 0.6 is 0 Å². The van der Waals surface area contributed by atoms with Crippen LogP contribution in [0, 0.1) is 0 Å². The highest BCUT2D eigenvalue weighted by Crippen LogP contribution is 1.63. The molecule has 0 aliphatic carbocycles. The van der Waals surface area contributed by atoms with E-state index in [4.69, 9.17) is 12.3 Å². The van der Waals surface area contributed by atoms with E-state index in [1.54, 1.807) is 0 Å². The Morgan fingerprint density at radius 3 is 1.62 bits per heavy atom. The standard InChI is InChI=1S/H10O3Si4.Si/c4-1-6-3-7-2-5;/h6-7H2,4-5H3;. The Balaban J connectivity index is 0. The van der Waals surface area contributed by atoms with E-state index in [1.807, 2.05) is 0 Å². The van der Waals surface area contributed by atoms with Crippen LogP contribution in [-0.2, 0) is 12.3 Å². The van der Waals surface area contributed by atoms with Crippen LogP contribution in [0.5, 0.6) is 0 Å². The molecule has 0 saturated heterocycles. The molecule has 0 spiro atoms. The second-order valence-electron chi connectivity index (χ2n) is 1.02. The van der Waals surface area contributed by atoms with E-state index in [2.05, 4.69) is 0 Å². The van der Waals surface area contributed by atoms with Crippen molar-refractivity contribution < 1.29 is 12.3 Å². The molecule has 0 aliphatic heterocycles. The maximum absolute atomic E-state index is 5.03. The molecule has 0 rings (SSSR count). The molecule has 48 valence electrons. The molecule has 0 N–H and O–H groups in total. The van der Waals surface area contributed by atoms with E-state index < -0.39 is 20.0 Å². The lowest BCUT2D eigenvalue weighted by Crippen LogP contribution is -2.08. The van der Waals surface area contributed by atoms with E-state index in [0.717, 1.165) is 21.0 Å². The molecule has 0 heterocycles. The van der Waals surface area contributed by atoms with Crippen molar-refractivity contribution in [2.75, 3.05) is 0 Å². The van der Waals surface area contributed by atoms with Crippen LogP contribution in [0.4, 0.5) is 0 Å². The molecule has 0 atom stereocenters. The van der Waals surface area contributed by atoms with Gasteiger partial charge >= 0.3 is 0 Å². The van der Waals surface area contributed by atoms with E-state index in [-0.39, 0.29) is 11.0 Å². The Morgan fingerprint density at radius 2 is 1.38 bits per heavy atom. The van der Waals surface area contributed by atoms with Gasteiger partial charge in [0.05, 0.1) is 0 Å². The molecular formula is H10O3Si5. The highest BCUT2D eigenvalue weighted by atomic mass is 28.4. The van der Waals surface area contributed by atoms with Crippen molar-refractivity contribution in [2.45, 2.75) is 0 Å². The predicted octanol–water partition coefficient (Wildman–Crippen LogP) is -4.79. The first-order valence-corrected chi connectivity index (χ1v) is 5.91. The Kier molecular flexibility index (Phi) is 15.9. The zero-order valence-corrected chi connectivity index (χ0v) is 13.0. The highest BCUT2D eigenvalue weighted by Gasteiger charge is 1.80. The van der Waals surface area contributed by atoms with Crippen LogP contribution in [0.2, 0.25) is 0 Å². The summed E-state index contributed by atoms with van der Waals surface area (Å²) in [5, 5.41) is 0. The molecule has 0 aliphatic rings. The highest BCUT2D eigenvalue weighted by molar-refractivity contribution is 6.40. The van der Waals surface area contributed by atoms with Crippen LogP contribution in [0.3, 0.4) is 0 Å². The summed E-state index contributed by atoms with van der Waals surface area (Å²) in [7, 11) is 0.504. The third-order valence-corrected chi connectivity index (χ3v) is 3.62. The molecule has 0 unspecified atom stereocenters. The van der Waals surface area contributed by atoms with Crippen LogP contribution in [0.25, 0.3) is 0 Å². The fraction of sp³-hybridized carbons (Fsp3) is 0. The van der Waals surface area contributed by atoms with Crippen molar-refractivity contribution in [2.24, 2.45) is 0 Å². The average Bonchev–Trinajstić information content (AvgIpc) is 1.69. The molecule has 3 nitrogen and oxygen atoms in total. The number of hydrogen-bond donors (Lipinski definition) is 0. The lowest BCUT2D eigenvalue weighted by molar-refractivity contribution is 0.443. The van der Waals surface area contributed by atoms with E-state index >= 15 is 0 Å². The van der Waals surface area contributed by atoms with Gasteiger partial charge in [0, 0.05) is 11.0 Å². The van der Waals surface area contributed by atoms with Crippen LogP contribution in [-0.4, -0.2) is 52.0 Å². The Bertz CT molecular complexity index is 26.9. The molecule has 8 heteroatoms. The molecule has 8 heavy (non-hydrogen) atoms. The summed E-state index contributed by atoms with van der Waals surface area (Å²) in [5.74, 6) is 0. The Hall–Kier alpha value is 0.964. The summed E-state index contributed by atoms with van der Waals surface area (Å²) in [4.78, 5) is 0. The topological polar surface area (TPSA) is 27.7 Å². The minimum atomic E-state index is -0.569. The normalized spacial score (nSPS) is 12.0. The summed E-state index contributed by atoms with van der Waals surface area (Å²) < 4.78 is 14.8. The van der Waals surface area contributed by atoms with Crippen molar-refractivity contribution in [3.8, 4) is 0 Å². The van der Waals surface area contributed by atoms with E-state index in [1.165, 1.54) is 0 Å². The third kappa shape index (κ3) is 10.1. The van der Waals surface area contributed by atoms with Crippen molar-refractivity contribution in [1.29, 1.82) is 0 Å². The molecule has 0 amide bonds. The monoisotopic (exact) mass is 198 g/mol. The fourth-order valence-electron chi connectivity index (χ4n) is 0.201. The number of hydrogen-bond acceptors (Lipinski definition) is 3. The van der Waals surface area contributed by atoms with Gasteiger partial charge < -0.3 is 12.3 Å². The predicted molar refractivity (Wildman–Crippen MR) is 46.0 cm³/mol. The average molecular weight is 199 g/mol. The fourth-order valence-corrected chi connectivity index (χ4v) is 4.81. The Labute approximate surface area is 64.7 Å². The minimum absolute atomic E-state index is 0.